The van der Waals surface area contributed by atoms with Gasteiger partial charge < -0.3 is 36.6 Å². The molecule has 0 aliphatic carbocycles. The molecule has 5 unspecified atom stereocenters. The van der Waals surface area contributed by atoms with Crippen LogP contribution in [0.2, 0.25) is 10.0 Å². The third-order valence-corrected chi connectivity index (χ3v) is 14.9. The zero-order valence-corrected chi connectivity index (χ0v) is 41.5. The molecule has 2 saturated heterocycles. The van der Waals surface area contributed by atoms with E-state index >= 15 is 0 Å². The fourth-order valence-electron chi connectivity index (χ4n) is 10.4. The smallest absolute Gasteiger partial charge is 0.261 e. The highest BCUT2D eigenvalue weighted by molar-refractivity contribution is 6.37. The van der Waals surface area contributed by atoms with Gasteiger partial charge in [-0.1, -0.05) is 68.2 Å². The third-order valence-electron chi connectivity index (χ3n) is 14.4. The molecular formula is C53H63Cl2N7O8. The number of nitrogens with two attached hydrogens (primary N) is 1. The molecule has 2 fully saturated rings. The number of hydrogen-bond acceptors (Lipinski definition) is 9. The molecule has 7 rings (SSSR count). The number of nitrogens with zero attached hydrogens (tertiary/aromatic N) is 3. The van der Waals surface area contributed by atoms with Gasteiger partial charge in [0.15, 0.2) is 5.75 Å². The van der Waals surface area contributed by atoms with E-state index in [1.807, 2.05) is 42.7 Å². The number of amides is 7. The number of rotatable bonds is 23. The lowest BCUT2D eigenvalue weighted by Crippen LogP contribution is -2.47. The predicted molar refractivity (Wildman–Crippen MR) is 269 cm³/mol. The summed E-state index contributed by atoms with van der Waals surface area (Å²) in [6, 6.07) is 18.5. The SMILES string of the molecule is CCC(CC(C(N)=O)C(C)C(CC(CC)N1CCCC1=O)C(=O)NCCCNC(=O)c1ccc(CN2C(=O)c3cccc4c(NCCc5cc(Cl)c(O)c(Cl)c5)ccc(c34)C2=O)cc1)N1CCCC1=O. The number of benzene rings is 4. The molecule has 3 aliphatic heterocycles. The number of halogens is 2. The van der Waals surface area contributed by atoms with Gasteiger partial charge in [-0.05, 0) is 111 Å². The Kier molecular flexibility index (Phi) is 17.1. The Morgan fingerprint density at radius 3 is 1.90 bits per heavy atom. The molecule has 5 atom stereocenters. The van der Waals surface area contributed by atoms with Crippen molar-refractivity contribution in [3.05, 3.63) is 105 Å². The maximum absolute atomic E-state index is 14.1. The third kappa shape index (κ3) is 11.5. The van der Waals surface area contributed by atoms with Crippen LogP contribution in [0, 0.1) is 17.8 Å². The zero-order valence-electron chi connectivity index (χ0n) is 40.0. The first-order valence-corrected chi connectivity index (χ1v) is 25.2. The van der Waals surface area contributed by atoms with Crippen LogP contribution in [0.25, 0.3) is 10.8 Å². The van der Waals surface area contributed by atoms with Gasteiger partial charge in [-0.15, -0.1) is 0 Å². The first kappa shape index (κ1) is 51.7. The summed E-state index contributed by atoms with van der Waals surface area (Å²) in [6.45, 7) is 8.11. The van der Waals surface area contributed by atoms with Crippen molar-refractivity contribution in [3.8, 4) is 5.75 Å². The average molecular weight is 997 g/mol. The first-order chi connectivity index (χ1) is 33.6. The Morgan fingerprint density at radius 1 is 0.743 bits per heavy atom. The fraction of sp³-hybridized carbons (Fsp3) is 0.453. The van der Waals surface area contributed by atoms with Crippen LogP contribution in [0.5, 0.6) is 5.75 Å². The summed E-state index contributed by atoms with van der Waals surface area (Å²) in [6.07, 6.45) is 5.48. The molecule has 70 heavy (non-hydrogen) atoms. The number of phenols is 1. The minimum atomic E-state index is -0.672. The van der Waals surface area contributed by atoms with E-state index in [9.17, 15) is 38.7 Å². The number of nitrogens with one attached hydrogen (secondary N) is 3. The van der Waals surface area contributed by atoms with Crippen LogP contribution in [0.1, 0.15) is 121 Å². The number of imide groups is 1. The van der Waals surface area contributed by atoms with E-state index in [-0.39, 0.29) is 71.1 Å². The zero-order chi connectivity index (χ0) is 50.2. The number of likely N-dealkylation sites (tertiary alicyclic amines) is 2. The van der Waals surface area contributed by atoms with Gasteiger partial charge in [0.05, 0.1) is 16.6 Å². The number of carbonyl (C=O) groups is 7. The summed E-state index contributed by atoms with van der Waals surface area (Å²) in [5, 5.41) is 20.9. The Morgan fingerprint density at radius 2 is 1.33 bits per heavy atom. The van der Waals surface area contributed by atoms with E-state index in [4.69, 9.17) is 28.9 Å². The Hall–Kier alpha value is -6.19. The van der Waals surface area contributed by atoms with E-state index in [0.717, 1.165) is 29.5 Å². The van der Waals surface area contributed by atoms with E-state index < -0.39 is 35.5 Å². The summed E-state index contributed by atoms with van der Waals surface area (Å²) in [7, 11) is 0. The van der Waals surface area contributed by atoms with Crippen LogP contribution in [0.15, 0.2) is 66.7 Å². The van der Waals surface area contributed by atoms with Crippen molar-refractivity contribution in [2.24, 2.45) is 23.5 Å². The van der Waals surface area contributed by atoms with Gasteiger partial charge in [-0.2, -0.15) is 0 Å². The van der Waals surface area contributed by atoms with Crippen molar-refractivity contribution in [1.29, 1.82) is 0 Å². The molecule has 4 aromatic rings. The van der Waals surface area contributed by atoms with Gasteiger partial charge in [0.25, 0.3) is 17.7 Å². The number of anilines is 1. The highest BCUT2D eigenvalue weighted by atomic mass is 35.5. The molecule has 7 amide bonds. The van der Waals surface area contributed by atoms with Crippen molar-refractivity contribution in [1.82, 2.24) is 25.3 Å². The summed E-state index contributed by atoms with van der Waals surface area (Å²) >= 11 is 12.2. The van der Waals surface area contributed by atoms with Crippen molar-refractivity contribution in [2.45, 2.75) is 104 Å². The number of hydrogen-bond donors (Lipinski definition) is 5. The molecule has 0 saturated carbocycles. The minimum Gasteiger partial charge on any atom is -0.505 e. The Bertz CT molecular complexity index is 2600. The second-order valence-electron chi connectivity index (χ2n) is 18.7. The molecule has 0 aromatic heterocycles. The van der Waals surface area contributed by atoms with Gasteiger partial charge >= 0.3 is 0 Å². The standard InChI is InChI=1S/C53H63Cl2N7O8/c1-4-35(60-24-7-12-45(60)63)28-40(49(56)66)31(3)41(29-36(5-2)61-25-8-13-46(61)64)51(68)59-22-9-21-58-50(67)34-16-14-32(15-17-34)30-62-52(69)38-11-6-10-37-44(19-18-39(47(37)38)53(62)70)57-23-20-33-26-42(54)48(65)43(55)27-33/h6,10-11,14-19,26-27,31,35-36,40-41,57,65H,4-5,7-9,12-13,20-25,28-30H2,1-3H3,(H2,56,66)(H,58,67)(H,59,68). The lowest BCUT2D eigenvalue weighted by atomic mass is 9.75. The summed E-state index contributed by atoms with van der Waals surface area (Å²) < 4.78 is 0. The summed E-state index contributed by atoms with van der Waals surface area (Å²) in [5.74, 6) is -3.77. The second-order valence-corrected chi connectivity index (χ2v) is 19.5. The summed E-state index contributed by atoms with van der Waals surface area (Å²) in [5.41, 5.74) is 9.46. The maximum atomic E-state index is 14.1. The lowest BCUT2D eigenvalue weighted by molar-refractivity contribution is -0.136. The van der Waals surface area contributed by atoms with Crippen LogP contribution >= 0.6 is 23.2 Å². The van der Waals surface area contributed by atoms with Crippen LogP contribution in [0.4, 0.5) is 5.69 Å². The Labute approximate surface area is 418 Å². The lowest BCUT2D eigenvalue weighted by Gasteiger charge is -2.36. The number of carbonyl (C=O) groups excluding carboxylic acids is 7. The molecular weight excluding hydrogens is 934 g/mol. The van der Waals surface area contributed by atoms with E-state index in [1.54, 1.807) is 54.6 Å². The largest absolute Gasteiger partial charge is 0.505 e. The highest BCUT2D eigenvalue weighted by Gasteiger charge is 2.40. The topological polar surface area (TPSA) is 212 Å². The second kappa shape index (κ2) is 23.2. The minimum absolute atomic E-state index is 0.00269. The molecule has 6 N–H and O–H groups in total. The van der Waals surface area contributed by atoms with Crippen LogP contribution in [-0.2, 0) is 32.1 Å². The van der Waals surface area contributed by atoms with Crippen molar-refractivity contribution < 1.29 is 38.7 Å². The van der Waals surface area contributed by atoms with Gasteiger partial charge in [0, 0.05) is 103 Å². The van der Waals surface area contributed by atoms with Crippen LogP contribution < -0.4 is 21.7 Å². The normalized spacial score (nSPS) is 16.9. The first-order valence-electron chi connectivity index (χ1n) is 24.5. The van der Waals surface area contributed by atoms with Crippen molar-refractivity contribution in [3.63, 3.8) is 0 Å². The van der Waals surface area contributed by atoms with Crippen molar-refractivity contribution >= 4 is 81.0 Å². The van der Waals surface area contributed by atoms with E-state index in [2.05, 4.69) is 16.0 Å². The molecule has 3 aliphatic rings. The molecule has 372 valence electrons. The van der Waals surface area contributed by atoms with Gasteiger partial charge in [-0.3, -0.25) is 38.5 Å². The van der Waals surface area contributed by atoms with Gasteiger partial charge in [-0.25, -0.2) is 0 Å². The molecule has 3 heterocycles. The Balaban J connectivity index is 0.928. The quantitative estimate of drug-likeness (QED) is 0.0368. The maximum Gasteiger partial charge on any atom is 0.261 e. The molecule has 15 nitrogen and oxygen atoms in total. The monoisotopic (exact) mass is 995 g/mol. The van der Waals surface area contributed by atoms with Gasteiger partial charge in [0.2, 0.25) is 23.6 Å². The van der Waals surface area contributed by atoms with E-state index in [1.165, 1.54) is 4.90 Å². The van der Waals surface area contributed by atoms with Gasteiger partial charge in [0.1, 0.15) is 0 Å². The number of phenolic OH excluding ortho intramolecular Hbond substituents is 1. The molecule has 0 radical (unpaired) electrons. The van der Waals surface area contributed by atoms with Crippen molar-refractivity contribution in [2.75, 3.05) is 38.0 Å². The number of primary amides is 1. The molecule has 4 aromatic carbocycles. The molecule has 0 bridgehead atoms. The predicted octanol–water partition coefficient (Wildman–Crippen LogP) is 7.48. The highest BCUT2D eigenvalue weighted by Crippen LogP contribution is 2.37. The van der Waals surface area contributed by atoms with Crippen LogP contribution in [-0.4, -0.2) is 106 Å². The molecule has 17 heteroatoms. The average Bonchev–Trinajstić information content (AvgIpc) is 3.98. The fourth-order valence-corrected chi connectivity index (χ4v) is 10.9. The number of aromatic hydroxyl groups is 1. The summed E-state index contributed by atoms with van der Waals surface area (Å²) in [4.78, 5) is 98.5. The van der Waals surface area contributed by atoms with E-state index in [0.29, 0.717) is 98.6 Å². The van der Waals surface area contributed by atoms with Crippen LogP contribution in [0.3, 0.4) is 0 Å². The molecule has 0 spiro atoms.